The third kappa shape index (κ3) is 6.05. The molecule has 0 N–H and O–H groups in total. The quantitative estimate of drug-likeness (QED) is 0.535. The molecule has 3 nitrogen and oxygen atoms in total. The van der Waals surface area contributed by atoms with E-state index < -0.39 is 0 Å². The largest absolute Gasteiger partial charge is 0.372 e. The van der Waals surface area contributed by atoms with Crippen LogP contribution in [0.25, 0.3) is 6.08 Å². The first-order chi connectivity index (χ1) is 12.4. The van der Waals surface area contributed by atoms with Crippen LogP contribution in [0.4, 0.5) is 0 Å². The smallest absolute Gasteiger partial charge is 0.0946 e. The second-order valence-corrected chi connectivity index (χ2v) is 6.03. The summed E-state index contributed by atoms with van der Waals surface area (Å²) < 4.78 is 8.18. The van der Waals surface area contributed by atoms with Crippen LogP contribution in [0.1, 0.15) is 17.5 Å². The van der Waals surface area contributed by atoms with Crippen molar-refractivity contribution in [3.63, 3.8) is 0 Å². The summed E-state index contributed by atoms with van der Waals surface area (Å²) in [6, 6.07) is 20.9. The van der Waals surface area contributed by atoms with Gasteiger partial charge in [-0.1, -0.05) is 72.8 Å². The average molecular weight is 332 g/mol. The lowest BCUT2D eigenvalue weighted by Gasteiger charge is -2.15. The molecular formula is C22H24N2O. The van der Waals surface area contributed by atoms with Gasteiger partial charge < -0.3 is 9.30 Å². The fourth-order valence-electron chi connectivity index (χ4n) is 2.71. The molecule has 1 aromatic heterocycles. The molecule has 0 aliphatic heterocycles. The molecule has 1 unspecified atom stereocenters. The molecule has 3 rings (SSSR count). The SMILES string of the molecule is C(=CC(Cn1ccnc1)OCCCc1ccccc1)c1ccccc1. The predicted molar refractivity (Wildman–Crippen MR) is 102 cm³/mol. The van der Waals surface area contributed by atoms with Gasteiger partial charge in [0.15, 0.2) is 0 Å². The van der Waals surface area contributed by atoms with Gasteiger partial charge >= 0.3 is 0 Å². The number of hydrogen-bond acceptors (Lipinski definition) is 2. The number of aryl methyl sites for hydroxylation is 1. The van der Waals surface area contributed by atoms with Crippen LogP contribution in [-0.4, -0.2) is 22.3 Å². The van der Waals surface area contributed by atoms with Crippen molar-refractivity contribution in [1.82, 2.24) is 9.55 Å². The van der Waals surface area contributed by atoms with Crippen molar-refractivity contribution >= 4 is 6.08 Å². The first-order valence-electron chi connectivity index (χ1n) is 8.75. The first kappa shape index (κ1) is 17.2. The van der Waals surface area contributed by atoms with E-state index in [-0.39, 0.29) is 6.10 Å². The Labute approximate surface area is 149 Å². The van der Waals surface area contributed by atoms with E-state index in [4.69, 9.17) is 4.74 Å². The Morgan fingerprint density at radius 3 is 2.48 bits per heavy atom. The van der Waals surface area contributed by atoms with Gasteiger partial charge in [0.2, 0.25) is 0 Å². The molecule has 1 atom stereocenters. The van der Waals surface area contributed by atoms with Crippen molar-refractivity contribution in [1.29, 1.82) is 0 Å². The third-order valence-corrected chi connectivity index (χ3v) is 4.04. The number of rotatable bonds is 9. The number of ether oxygens (including phenoxy) is 1. The predicted octanol–water partition coefficient (Wildman–Crippen LogP) is 4.61. The molecule has 0 saturated heterocycles. The Hall–Kier alpha value is -2.65. The maximum Gasteiger partial charge on any atom is 0.0946 e. The van der Waals surface area contributed by atoms with Crippen molar-refractivity contribution in [2.45, 2.75) is 25.5 Å². The Bertz CT molecular complexity index is 736. The molecule has 3 heteroatoms. The van der Waals surface area contributed by atoms with Crippen molar-refractivity contribution < 1.29 is 4.74 Å². The number of hydrogen-bond donors (Lipinski definition) is 0. The van der Waals surface area contributed by atoms with E-state index in [0.29, 0.717) is 0 Å². The Morgan fingerprint density at radius 2 is 1.76 bits per heavy atom. The fourth-order valence-corrected chi connectivity index (χ4v) is 2.71. The number of nitrogens with zero attached hydrogens (tertiary/aromatic N) is 2. The van der Waals surface area contributed by atoms with Gasteiger partial charge in [-0.25, -0.2) is 4.98 Å². The van der Waals surface area contributed by atoms with Gasteiger partial charge in [0.25, 0.3) is 0 Å². The summed E-state index contributed by atoms with van der Waals surface area (Å²) in [7, 11) is 0. The van der Waals surface area contributed by atoms with E-state index in [1.807, 2.05) is 30.7 Å². The van der Waals surface area contributed by atoms with Gasteiger partial charge in [0, 0.05) is 19.0 Å². The van der Waals surface area contributed by atoms with Gasteiger partial charge in [-0.15, -0.1) is 0 Å². The van der Waals surface area contributed by atoms with E-state index in [0.717, 1.165) is 26.0 Å². The summed E-state index contributed by atoms with van der Waals surface area (Å²) in [5.74, 6) is 0. The first-order valence-corrected chi connectivity index (χ1v) is 8.75. The van der Waals surface area contributed by atoms with Crippen molar-refractivity contribution in [3.05, 3.63) is 96.6 Å². The van der Waals surface area contributed by atoms with Crippen LogP contribution < -0.4 is 0 Å². The van der Waals surface area contributed by atoms with E-state index in [1.54, 1.807) is 6.20 Å². The van der Waals surface area contributed by atoms with E-state index in [2.05, 4.69) is 64.2 Å². The van der Waals surface area contributed by atoms with Crippen LogP contribution in [0.3, 0.4) is 0 Å². The van der Waals surface area contributed by atoms with E-state index >= 15 is 0 Å². The number of aromatic nitrogens is 2. The molecule has 25 heavy (non-hydrogen) atoms. The van der Waals surface area contributed by atoms with Gasteiger partial charge in [0.05, 0.1) is 19.0 Å². The molecular weight excluding hydrogens is 308 g/mol. The number of imidazole rings is 1. The third-order valence-electron chi connectivity index (χ3n) is 4.04. The summed E-state index contributed by atoms with van der Waals surface area (Å²) in [6.07, 6.45) is 12.0. The maximum absolute atomic E-state index is 6.12. The highest BCUT2D eigenvalue weighted by Crippen LogP contribution is 2.08. The summed E-state index contributed by atoms with van der Waals surface area (Å²) in [5.41, 5.74) is 2.54. The fraction of sp³-hybridized carbons (Fsp3) is 0.227. The van der Waals surface area contributed by atoms with Crippen molar-refractivity contribution in [2.75, 3.05) is 6.61 Å². The van der Waals surface area contributed by atoms with Crippen LogP contribution >= 0.6 is 0 Å². The van der Waals surface area contributed by atoms with Gasteiger partial charge in [0.1, 0.15) is 0 Å². The second-order valence-electron chi connectivity index (χ2n) is 6.03. The highest BCUT2D eigenvalue weighted by molar-refractivity contribution is 5.49. The van der Waals surface area contributed by atoms with Crippen molar-refractivity contribution in [2.24, 2.45) is 0 Å². The van der Waals surface area contributed by atoms with Crippen LogP contribution in [-0.2, 0) is 17.7 Å². The molecule has 2 aromatic carbocycles. The maximum atomic E-state index is 6.12. The monoisotopic (exact) mass is 332 g/mol. The van der Waals surface area contributed by atoms with Crippen LogP contribution in [0, 0.1) is 0 Å². The van der Waals surface area contributed by atoms with Gasteiger partial charge in [-0.2, -0.15) is 0 Å². The van der Waals surface area contributed by atoms with Crippen LogP contribution in [0.2, 0.25) is 0 Å². The summed E-state index contributed by atoms with van der Waals surface area (Å²) in [4.78, 5) is 4.11. The molecule has 3 aromatic rings. The zero-order chi connectivity index (χ0) is 17.2. The van der Waals surface area contributed by atoms with Crippen molar-refractivity contribution in [3.8, 4) is 0 Å². The molecule has 0 bridgehead atoms. The van der Waals surface area contributed by atoms with E-state index in [9.17, 15) is 0 Å². The van der Waals surface area contributed by atoms with E-state index in [1.165, 1.54) is 11.1 Å². The zero-order valence-electron chi connectivity index (χ0n) is 14.4. The Balaban J connectivity index is 1.53. The lowest BCUT2D eigenvalue weighted by Crippen LogP contribution is -2.18. The Kier molecular flexibility index (Phi) is 6.60. The molecule has 0 saturated carbocycles. The standard InChI is InChI=1S/C22H24N2O/c1-3-8-20(9-4-1)12-7-17-25-22(18-24-16-15-23-19-24)14-13-21-10-5-2-6-11-21/h1-6,8-11,13-16,19,22H,7,12,17-18H2. The molecule has 0 radical (unpaired) electrons. The minimum atomic E-state index is 0.0326. The number of benzene rings is 2. The van der Waals surface area contributed by atoms with Gasteiger partial charge in [-0.05, 0) is 24.0 Å². The molecule has 0 spiro atoms. The second kappa shape index (κ2) is 9.60. The summed E-state index contributed by atoms with van der Waals surface area (Å²) >= 11 is 0. The molecule has 0 aliphatic carbocycles. The average Bonchev–Trinajstić information content (AvgIpc) is 3.18. The van der Waals surface area contributed by atoms with Gasteiger partial charge in [-0.3, -0.25) is 0 Å². The highest BCUT2D eigenvalue weighted by atomic mass is 16.5. The Morgan fingerprint density at radius 1 is 1.00 bits per heavy atom. The molecule has 1 heterocycles. The minimum Gasteiger partial charge on any atom is -0.372 e. The minimum absolute atomic E-state index is 0.0326. The lowest BCUT2D eigenvalue weighted by molar-refractivity contribution is 0.0724. The van der Waals surface area contributed by atoms with Crippen LogP contribution in [0.15, 0.2) is 85.5 Å². The molecule has 128 valence electrons. The van der Waals surface area contributed by atoms with Crippen LogP contribution in [0.5, 0.6) is 0 Å². The molecule has 0 fully saturated rings. The topological polar surface area (TPSA) is 27.1 Å². The zero-order valence-corrected chi connectivity index (χ0v) is 14.4. The summed E-state index contributed by atoms with van der Waals surface area (Å²) in [6.45, 7) is 1.52. The molecule has 0 amide bonds. The molecule has 0 aliphatic rings. The summed E-state index contributed by atoms with van der Waals surface area (Å²) in [5, 5.41) is 0. The lowest BCUT2D eigenvalue weighted by atomic mass is 10.1. The highest BCUT2D eigenvalue weighted by Gasteiger charge is 2.06. The normalized spacial score (nSPS) is 12.5.